The Bertz CT molecular complexity index is 306. The van der Waals surface area contributed by atoms with Crippen LogP contribution in [0.4, 0.5) is 0 Å². The van der Waals surface area contributed by atoms with Crippen LogP contribution in [0.5, 0.6) is 0 Å². The maximum atomic E-state index is 11.4. The van der Waals surface area contributed by atoms with Gasteiger partial charge in [0.1, 0.15) is 0 Å². The summed E-state index contributed by atoms with van der Waals surface area (Å²) in [5.74, 6) is 0.507. The van der Waals surface area contributed by atoms with Gasteiger partial charge in [-0.05, 0) is 12.0 Å². The maximum Gasteiger partial charge on any atom is 0.166 e. The van der Waals surface area contributed by atoms with E-state index in [1.54, 1.807) is 0 Å². The van der Waals surface area contributed by atoms with Crippen molar-refractivity contribution in [2.45, 2.75) is 13.3 Å². The molecule has 0 fully saturated rings. The molecule has 0 saturated carbocycles. The molecule has 2 rings (SSSR count). The predicted octanol–water partition coefficient (Wildman–Crippen LogP) is 2.48. The molecule has 0 heterocycles. The van der Waals surface area contributed by atoms with Crippen molar-refractivity contribution >= 4 is 18.2 Å². The first kappa shape index (κ1) is 9.27. The number of halogens is 1. The van der Waals surface area contributed by atoms with E-state index in [4.69, 9.17) is 0 Å². The van der Waals surface area contributed by atoms with Crippen molar-refractivity contribution in [1.82, 2.24) is 0 Å². The number of rotatable bonds is 0. The van der Waals surface area contributed by atoms with Crippen LogP contribution in [0.25, 0.3) is 0 Å². The quantitative estimate of drug-likeness (QED) is 0.603. The van der Waals surface area contributed by atoms with E-state index < -0.39 is 0 Å². The molecule has 0 spiro atoms. The molecule has 12 heavy (non-hydrogen) atoms. The Kier molecular flexibility index (Phi) is 2.53. The van der Waals surface area contributed by atoms with E-state index in [0.717, 1.165) is 12.0 Å². The Morgan fingerprint density at radius 3 is 2.67 bits per heavy atom. The summed E-state index contributed by atoms with van der Waals surface area (Å²) in [6.07, 6.45) is 0.926. The molecule has 0 bridgehead atoms. The number of hydrogen-bond donors (Lipinski definition) is 0. The molecule has 1 aromatic rings. The summed E-state index contributed by atoms with van der Waals surface area (Å²) >= 11 is 0. The molecule has 1 aliphatic carbocycles. The van der Waals surface area contributed by atoms with E-state index in [-0.39, 0.29) is 18.3 Å². The lowest BCUT2D eigenvalue weighted by atomic mass is 10.1. The molecule has 0 aromatic heterocycles. The number of benzene rings is 1. The Morgan fingerprint density at radius 2 is 2.00 bits per heavy atom. The second-order valence-electron chi connectivity index (χ2n) is 3.13. The molecule has 0 N–H and O–H groups in total. The third kappa shape index (κ3) is 1.25. The van der Waals surface area contributed by atoms with Crippen molar-refractivity contribution in [3.63, 3.8) is 0 Å². The third-order valence-electron chi connectivity index (χ3n) is 2.26. The zero-order chi connectivity index (χ0) is 7.84. The zero-order valence-corrected chi connectivity index (χ0v) is 7.73. The Hall–Kier alpha value is -0.820. The number of ketones is 1. The van der Waals surface area contributed by atoms with E-state index in [1.165, 1.54) is 5.56 Å². The standard InChI is InChI=1S/C10H10O.ClH/c1-7-6-8-4-2-3-5-9(8)10(7)11;/h2-5,7H,6H2,1H3;1H. The molecule has 1 aromatic carbocycles. The van der Waals surface area contributed by atoms with E-state index in [1.807, 2.05) is 31.2 Å². The lowest BCUT2D eigenvalue weighted by molar-refractivity contribution is 0.0946. The van der Waals surface area contributed by atoms with Gasteiger partial charge in [0.25, 0.3) is 0 Å². The fraction of sp³-hybridized carbons (Fsp3) is 0.300. The normalized spacial score (nSPS) is 20.1. The molecule has 1 atom stereocenters. The SMILES string of the molecule is CC1Cc2ccccc2C1=O.Cl. The number of hydrogen-bond acceptors (Lipinski definition) is 1. The molecule has 0 amide bonds. The second kappa shape index (κ2) is 3.28. The van der Waals surface area contributed by atoms with Crippen molar-refractivity contribution in [3.8, 4) is 0 Å². The van der Waals surface area contributed by atoms with Gasteiger partial charge >= 0.3 is 0 Å². The van der Waals surface area contributed by atoms with Gasteiger partial charge in [0, 0.05) is 11.5 Å². The number of carbonyl (C=O) groups excluding carboxylic acids is 1. The van der Waals surface area contributed by atoms with Gasteiger partial charge in [-0.3, -0.25) is 4.79 Å². The van der Waals surface area contributed by atoms with Crippen molar-refractivity contribution in [3.05, 3.63) is 35.4 Å². The molecule has 0 aliphatic heterocycles. The minimum absolute atomic E-state index is 0. The summed E-state index contributed by atoms with van der Waals surface area (Å²) in [4.78, 5) is 11.4. The molecule has 1 nitrogen and oxygen atoms in total. The van der Waals surface area contributed by atoms with Crippen LogP contribution in [0, 0.1) is 5.92 Å². The summed E-state index contributed by atoms with van der Waals surface area (Å²) in [7, 11) is 0. The molecular weight excluding hydrogens is 172 g/mol. The summed E-state index contributed by atoms with van der Waals surface area (Å²) in [5, 5.41) is 0. The first-order chi connectivity index (χ1) is 5.29. The lowest BCUT2D eigenvalue weighted by Crippen LogP contribution is -2.02. The van der Waals surface area contributed by atoms with Crippen LogP contribution in [-0.2, 0) is 6.42 Å². The van der Waals surface area contributed by atoms with Gasteiger partial charge in [-0.15, -0.1) is 12.4 Å². The average Bonchev–Trinajstić information content (AvgIpc) is 2.30. The molecule has 1 aliphatic rings. The van der Waals surface area contributed by atoms with Crippen LogP contribution in [0.3, 0.4) is 0 Å². The maximum absolute atomic E-state index is 11.4. The van der Waals surface area contributed by atoms with Crippen LogP contribution < -0.4 is 0 Å². The largest absolute Gasteiger partial charge is 0.294 e. The molecule has 64 valence electrons. The van der Waals surface area contributed by atoms with Crippen LogP contribution in [0.2, 0.25) is 0 Å². The number of Topliss-reactive ketones (excluding diaryl/α,β-unsaturated/α-hetero) is 1. The van der Waals surface area contributed by atoms with Crippen LogP contribution in [0.1, 0.15) is 22.8 Å². The highest BCUT2D eigenvalue weighted by Crippen LogP contribution is 2.25. The highest BCUT2D eigenvalue weighted by molar-refractivity contribution is 6.01. The van der Waals surface area contributed by atoms with Crippen molar-refractivity contribution < 1.29 is 4.79 Å². The summed E-state index contributed by atoms with van der Waals surface area (Å²) in [6.45, 7) is 1.99. The van der Waals surface area contributed by atoms with Gasteiger partial charge in [-0.2, -0.15) is 0 Å². The second-order valence-corrected chi connectivity index (χ2v) is 3.13. The first-order valence-corrected chi connectivity index (χ1v) is 3.91. The molecular formula is C10H11ClO. The minimum atomic E-state index is 0. The number of fused-ring (bicyclic) bond motifs is 1. The Morgan fingerprint density at radius 1 is 1.33 bits per heavy atom. The highest BCUT2D eigenvalue weighted by atomic mass is 35.5. The summed E-state index contributed by atoms with van der Waals surface area (Å²) in [6, 6.07) is 7.87. The Balaban J connectivity index is 0.000000720. The number of carbonyl (C=O) groups is 1. The molecule has 0 radical (unpaired) electrons. The average molecular weight is 183 g/mol. The topological polar surface area (TPSA) is 17.1 Å². The predicted molar refractivity (Wildman–Crippen MR) is 50.9 cm³/mol. The molecule has 1 unspecified atom stereocenters. The fourth-order valence-electron chi connectivity index (χ4n) is 1.63. The summed E-state index contributed by atoms with van der Waals surface area (Å²) in [5.41, 5.74) is 2.14. The van der Waals surface area contributed by atoms with E-state index in [9.17, 15) is 4.79 Å². The van der Waals surface area contributed by atoms with Gasteiger partial charge in [0.2, 0.25) is 0 Å². The lowest BCUT2D eigenvalue weighted by Gasteiger charge is -1.93. The Labute approximate surface area is 78.2 Å². The van der Waals surface area contributed by atoms with Gasteiger partial charge in [-0.1, -0.05) is 31.2 Å². The van der Waals surface area contributed by atoms with Gasteiger partial charge in [0.05, 0.1) is 0 Å². The fourth-order valence-corrected chi connectivity index (χ4v) is 1.63. The van der Waals surface area contributed by atoms with E-state index >= 15 is 0 Å². The smallest absolute Gasteiger partial charge is 0.166 e. The molecule has 0 saturated heterocycles. The van der Waals surface area contributed by atoms with Gasteiger partial charge in [0.15, 0.2) is 5.78 Å². The zero-order valence-electron chi connectivity index (χ0n) is 6.91. The van der Waals surface area contributed by atoms with Crippen molar-refractivity contribution in [2.75, 3.05) is 0 Å². The van der Waals surface area contributed by atoms with Crippen LogP contribution in [-0.4, -0.2) is 5.78 Å². The van der Waals surface area contributed by atoms with E-state index in [2.05, 4.69) is 0 Å². The minimum Gasteiger partial charge on any atom is -0.294 e. The molecule has 2 heteroatoms. The van der Waals surface area contributed by atoms with Crippen molar-refractivity contribution in [1.29, 1.82) is 0 Å². The third-order valence-corrected chi connectivity index (χ3v) is 2.26. The summed E-state index contributed by atoms with van der Waals surface area (Å²) < 4.78 is 0. The van der Waals surface area contributed by atoms with Gasteiger partial charge in [-0.25, -0.2) is 0 Å². The van der Waals surface area contributed by atoms with Gasteiger partial charge < -0.3 is 0 Å². The first-order valence-electron chi connectivity index (χ1n) is 3.91. The van der Waals surface area contributed by atoms with Crippen LogP contribution in [0.15, 0.2) is 24.3 Å². The van der Waals surface area contributed by atoms with E-state index in [0.29, 0.717) is 5.78 Å². The highest BCUT2D eigenvalue weighted by Gasteiger charge is 2.25. The monoisotopic (exact) mass is 182 g/mol. The van der Waals surface area contributed by atoms with Crippen LogP contribution >= 0.6 is 12.4 Å². The van der Waals surface area contributed by atoms with Crippen molar-refractivity contribution in [2.24, 2.45) is 5.92 Å².